The second kappa shape index (κ2) is 9.08. The van der Waals surface area contributed by atoms with Crippen molar-refractivity contribution in [2.45, 2.75) is 25.7 Å². The SMILES string of the molecule is Nc1ccc2c(O)cc(CCC(=O)OC(=O)CCc3cc(O)c4ccc(N)cc4c3)cc2c1. The number of fused-ring (bicyclic) bond motifs is 2. The molecule has 6 N–H and O–H groups in total. The van der Waals surface area contributed by atoms with Crippen molar-refractivity contribution in [1.29, 1.82) is 0 Å². The standard InChI is InChI=1S/C26H24N2O5/c27-19-3-5-21-17(13-19)9-15(11-23(21)29)1-7-25(31)33-26(32)8-2-16-10-18-14-20(28)4-6-22(18)24(30)12-16/h3-6,9-14,29-30H,1-2,7-8,27-28H2. The number of carbonyl (C=O) groups is 2. The monoisotopic (exact) mass is 444 g/mol. The van der Waals surface area contributed by atoms with Gasteiger partial charge >= 0.3 is 11.9 Å². The van der Waals surface area contributed by atoms with Crippen LogP contribution in [-0.2, 0) is 27.2 Å². The summed E-state index contributed by atoms with van der Waals surface area (Å²) in [5.41, 5.74) is 14.2. The van der Waals surface area contributed by atoms with Gasteiger partial charge in [0.25, 0.3) is 0 Å². The van der Waals surface area contributed by atoms with Crippen LogP contribution in [0.4, 0.5) is 11.4 Å². The molecule has 7 nitrogen and oxygen atoms in total. The van der Waals surface area contributed by atoms with Crippen LogP contribution in [0.3, 0.4) is 0 Å². The fourth-order valence-corrected chi connectivity index (χ4v) is 3.87. The van der Waals surface area contributed by atoms with Gasteiger partial charge in [-0.15, -0.1) is 0 Å². The molecule has 0 saturated heterocycles. The maximum absolute atomic E-state index is 12.1. The minimum absolute atomic E-state index is 0.00492. The van der Waals surface area contributed by atoms with Gasteiger partial charge in [-0.25, -0.2) is 0 Å². The summed E-state index contributed by atoms with van der Waals surface area (Å²) in [6.07, 6.45) is 0.610. The van der Waals surface area contributed by atoms with E-state index in [-0.39, 0.29) is 24.3 Å². The van der Waals surface area contributed by atoms with Crippen molar-refractivity contribution in [3.8, 4) is 11.5 Å². The molecule has 33 heavy (non-hydrogen) atoms. The maximum Gasteiger partial charge on any atom is 0.313 e. The molecule has 0 bridgehead atoms. The molecule has 0 aliphatic rings. The van der Waals surface area contributed by atoms with Crippen LogP contribution in [0.2, 0.25) is 0 Å². The highest BCUT2D eigenvalue weighted by Crippen LogP contribution is 2.30. The summed E-state index contributed by atoms with van der Waals surface area (Å²) in [7, 11) is 0. The highest BCUT2D eigenvalue weighted by molar-refractivity contribution is 5.92. The number of phenols is 2. The summed E-state index contributed by atoms with van der Waals surface area (Å²) < 4.78 is 4.92. The van der Waals surface area contributed by atoms with Crippen LogP contribution in [0.15, 0.2) is 60.7 Å². The van der Waals surface area contributed by atoms with E-state index in [0.29, 0.717) is 35.0 Å². The van der Waals surface area contributed by atoms with Crippen molar-refractivity contribution in [2.24, 2.45) is 0 Å². The van der Waals surface area contributed by atoms with Crippen LogP contribution >= 0.6 is 0 Å². The number of anilines is 2. The van der Waals surface area contributed by atoms with E-state index in [2.05, 4.69) is 0 Å². The summed E-state index contributed by atoms with van der Waals surface area (Å²) in [5, 5.41) is 23.3. The van der Waals surface area contributed by atoms with Gasteiger partial charge in [0.15, 0.2) is 0 Å². The summed E-state index contributed by atoms with van der Waals surface area (Å²) in [5.74, 6) is -1.07. The average molecular weight is 444 g/mol. The number of carbonyl (C=O) groups excluding carboxylic acids is 2. The summed E-state index contributed by atoms with van der Waals surface area (Å²) >= 11 is 0. The quantitative estimate of drug-likeness (QED) is 0.199. The zero-order valence-electron chi connectivity index (χ0n) is 17.9. The van der Waals surface area contributed by atoms with Gasteiger partial charge in [0.05, 0.1) is 12.8 Å². The Morgan fingerprint density at radius 3 is 1.52 bits per heavy atom. The molecule has 4 rings (SSSR count). The number of aromatic hydroxyl groups is 2. The van der Waals surface area contributed by atoms with Crippen LogP contribution in [0.25, 0.3) is 21.5 Å². The number of esters is 2. The van der Waals surface area contributed by atoms with Crippen molar-refractivity contribution in [2.75, 3.05) is 11.5 Å². The number of hydrogen-bond donors (Lipinski definition) is 4. The molecular formula is C26H24N2O5. The van der Waals surface area contributed by atoms with E-state index in [0.717, 1.165) is 21.9 Å². The van der Waals surface area contributed by atoms with Gasteiger partial charge in [0, 0.05) is 22.1 Å². The lowest BCUT2D eigenvalue weighted by Crippen LogP contribution is -2.13. The Labute approximate surface area is 190 Å². The smallest absolute Gasteiger partial charge is 0.313 e. The third kappa shape index (κ3) is 5.15. The Kier molecular flexibility index (Phi) is 6.04. The van der Waals surface area contributed by atoms with Gasteiger partial charge in [0.2, 0.25) is 0 Å². The normalized spacial score (nSPS) is 11.0. The van der Waals surface area contributed by atoms with Crippen molar-refractivity contribution >= 4 is 44.9 Å². The second-order valence-corrected chi connectivity index (χ2v) is 8.04. The van der Waals surface area contributed by atoms with E-state index in [1.165, 1.54) is 0 Å². The van der Waals surface area contributed by atoms with Crippen LogP contribution in [0.1, 0.15) is 24.0 Å². The van der Waals surface area contributed by atoms with Crippen LogP contribution in [0.5, 0.6) is 11.5 Å². The molecule has 0 fully saturated rings. The molecular weight excluding hydrogens is 420 g/mol. The topological polar surface area (TPSA) is 136 Å². The first-order valence-electron chi connectivity index (χ1n) is 10.5. The number of hydrogen-bond acceptors (Lipinski definition) is 7. The van der Waals surface area contributed by atoms with Gasteiger partial charge in [0.1, 0.15) is 11.5 Å². The Hall–Kier alpha value is -4.26. The van der Waals surface area contributed by atoms with Gasteiger partial charge in [-0.2, -0.15) is 0 Å². The lowest BCUT2D eigenvalue weighted by atomic mass is 10.0. The number of benzene rings is 4. The van der Waals surface area contributed by atoms with E-state index in [1.807, 2.05) is 12.1 Å². The van der Waals surface area contributed by atoms with Crippen LogP contribution < -0.4 is 11.5 Å². The fraction of sp³-hybridized carbons (Fsp3) is 0.154. The number of ether oxygens (including phenoxy) is 1. The molecule has 0 unspecified atom stereocenters. The van der Waals surface area contributed by atoms with E-state index < -0.39 is 11.9 Å². The van der Waals surface area contributed by atoms with Crippen molar-refractivity contribution < 1.29 is 24.5 Å². The minimum Gasteiger partial charge on any atom is -0.507 e. The Morgan fingerprint density at radius 2 is 1.09 bits per heavy atom. The average Bonchev–Trinajstić information content (AvgIpc) is 2.75. The zero-order chi connectivity index (χ0) is 23.5. The van der Waals surface area contributed by atoms with E-state index in [4.69, 9.17) is 16.2 Å². The van der Waals surface area contributed by atoms with Crippen LogP contribution in [-0.4, -0.2) is 22.2 Å². The van der Waals surface area contributed by atoms with E-state index >= 15 is 0 Å². The Bertz CT molecular complexity index is 1280. The van der Waals surface area contributed by atoms with Crippen molar-refractivity contribution in [3.05, 3.63) is 71.8 Å². The Morgan fingerprint density at radius 1 is 0.667 bits per heavy atom. The third-order valence-electron chi connectivity index (χ3n) is 5.49. The first kappa shape index (κ1) is 22.0. The molecule has 0 aromatic heterocycles. The number of phenolic OH excluding ortho intramolecular Hbond substituents is 2. The predicted molar refractivity (Wildman–Crippen MR) is 128 cm³/mol. The number of nitrogens with two attached hydrogens (primary N) is 2. The highest BCUT2D eigenvalue weighted by atomic mass is 16.6. The van der Waals surface area contributed by atoms with Gasteiger partial charge in [-0.05, 0) is 83.3 Å². The van der Waals surface area contributed by atoms with E-state index in [9.17, 15) is 19.8 Å². The van der Waals surface area contributed by atoms with Crippen molar-refractivity contribution in [1.82, 2.24) is 0 Å². The molecule has 0 heterocycles. The first-order chi connectivity index (χ1) is 15.8. The highest BCUT2D eigenvalue weighted by Gasteiger charge is 2.13. The molecule has 0 amide bonds. The maximum atomic E-state index is 12.1. The van der Waals surface area contributed by atoms with Crippen molar-refractivity contribution in [3.63, 3.8) is 0 Å². The molecule has 0 aliphatic heterocycles. The molecule has 0 saturated carbocycles. The predicted octanol–water partition coefficient (Wildman–Crippen LogP) is 4.20. The molecule has 0 aliphatic carbocycles. The first-order valence-corrected chi connectivity index (χ1v) is 10.5. The van der Waals surface area contributed by atoms with Crippen LogP contribution in [0, 0.1) is 0 Å². The zero-order valence-corrected chi connectivity index (χ0v) is 17.9. The lowest BCUT2D eigenvalue weighted by molar-refractivity contribution is -0.159. The molecule has 7 heteroatoms. The minimum atomic E-state index is -0.638. The molecule has 0 spiro atoms. The molecule has 4 aromatic rings. The molecule has 0 atom stereocenters. The number of rotatable bonds is 6. The number of aryl methyl sites for hydroxylation is 2. The van der Waals surface area contributed by atoms with Gasteiger partial charge in [-0.3, -0.25) is 9.59 Å². The largest absolute Gasteiger partial charge is 0.507 e. The summed E-state index contributed by atoms with van der Waals surface area (Å²) in [4.78, 5) is 24.3. The van der Waals surface area contributed by atoms with Gasteiger partial charge < -0.3 is 26.4 Å². The van der Waals surface area contributed by atoms with E-state index in [1.54, 1.807) is 48.5 Å². The fourth-order valence-electron chi connectivity index (χ4n) is 3.87. The third-order valence-corrected chi connectivity index (χ3v) is 5.49. The van der Waals surface area contributed by atoms with Gasteiger partial charge in [-0.1, -0.05) is 12.1 Å². The molecule has 4 aromatic carbocycles. The molecule has 0 radical (unpaired) electrons. The summed E-state index contributed by atoms with van der Waals surface area (Å²) in [6, 6.07) is 17.3. The molecule has 168 valence electrons. The second-order valence-electron chi connectivity index (χ2n) is 8.04. The number of nitrogen functional groups attached to an aromatic ring is 2. The lowest BCUT2D eigenvalue weighted by Gasteiger charge is -2.08. The summed E-state index contributed by atoms with van der Waals surface area (Å²) in [6.45, 7) is 0. The Balaban J connectivity index is 1.32.